The molecule has 3 heterocycles. The lowest BCUT2D eigenvalue weighted by atomic mass is 9.97. The van der Waals surface area contributed by atoms with Crippen molar-refractivity contribution in [1.29, 1.82) is 0 Å². The SMILES string of the molecule is O=C(NCCCO)[C@@H]1CCCN(c2nc(Cl)nc3nc[nH]c23)C1. The second-order valence-corrected chi connectivity index (χ2v) is 5.91. The third-order valence-electron chi connectivity index (χ3n) is 3.97. The van der Waals surface area contributed by atoms with E-state index in [9.17, 15) is 4.79 Å². The number of rotatable bonds is 5. The van der Waals surface area contributed by atoms with Crippen molar-refractivity contribution in [2.45, 2.75) is 19.3 Å². The summed E-state index contributed by atoms with van der Waals surface area (Å²) in [6.07, 6.45) is 3.86. The van der Waals surface area contributed by atoms with E-state index in [0.717, 1.165) is 24.9 Å². The van der Waals surface area contributed by atoms with Crippen LogP contribution in [-0.4, -0.2) is 57.2 Å². The fraction of sp³-hybridized carbons (Fsp3) is 0.571. The van der Waals surface area contributed by atoms with Crippen LogP contribution in [0.25, 0.3) is 11.2 Å². The van der Waals surface area contributed by atoms with Crippen LogP contribution in [0, 0.1) is 5.92 Å². The number of aromatic amines is 1. The maximum atomic E-state index is 12.2. The van der Waals surface area contributed by atoms with Crippen LogP contribution < -0.4 is 10.2 Å². The van der Waals surface area contributed by atoms with Gasteiger partial charge in [0.05, 0.1) is 12.2 Å². The molecule has 8 nitrogen and oxygen atoms in total. The number of carbonyl (C=O) groups excluding carboxylic acids is 1. The molecular weight excluding hydrogens is 320 g/mol. The Kier molecular flexibility index (Phi) is 4.92. The Bertz CT molecular complexity index is 691. The lowest BCUT2D eigenvalue weighted by Gasteiger charge is -2.33. The summed E-state index contributed by atoms with van der Waals surface area (Å²) in [5.74, 6) is 0.601. The summed E-state index contributed by atoms with van der Waals surface area (Å²) in [6.45, 7) is 1.96. The second kappa shape index (κ2) is 7.10. The lowest BCUT2D eigenvalue weighted by molar-refractivity contribution is -0.125. The summed E-state index contributed by atoms with van der Waals surface area (Å²) >= 11 is 5.98. The summed E-state index contributed by atoms with van der Waals surface area (Å²) in [6, 6.07) is 0. The minimum Gasteiger partial charge on any atom is -0.396 e. The molecule has 0 spiro atoms. The average Bonchev–Trinajstić information content (AvgIpc) is 3.02. The van der Waals surface area contributed by atoms with Gasteiger partial charge in [-0.2, -0.15) is 9.97 Å². The number of fused-ring (bicyclic) bond motifs is 1. The highest BCUT2D eigenvalue weighted by Crippen LogP contribution is 2.27. The van der Waals surface area contributed by atoms with Crippen LogP contribution in [0.4, 0.5) is 5.82 Å². The topological polar surface area (TPSA) is 107 Å². The zero-order valence-electron chi connectivity index (χ0n) is 12.6. The van der Waals surface area contributed by atoms with Crippen LogP contribution in [0.15, 0.2) is 6.33 Å². The highest BCUT2D eigenvalue weighted by Gasteiger charge is 2.28. The monoisotopic (exact) mass is 338 g/mol. The summed E-state index contributed by atoms with van der Waals surface area (Å²) in [4.78, 5) is 29.8. The standard InChI is InChI=1S/C14H19ClN6O2/c15-14-19-11-10(17-8-18-11)12(20-14)21-5-1-3-9(7-21)13(23)16-4-2-6-22/h8-9,22H,1-7H2,(H,16,23)(H,17,18,19,20)/t9-/m1/s1. The molecule has 23 heavy (non-hydrogen) atoms. The Morgan fingerprint density at radius 1 is 1.52 bits per heavy atom. The van der Waals surface area contributed by atoms with Gasteiger partial charge in [-0.05, 0) is 30.9 Å². The zero-order chi connectivity index (χ0) is 16.2. The first-order valence-corrected chi connectivity index (χ1v) is 8.07. The number of amides is 1. The molecule has 1 aliphatic rings. The summed E-state index contributed by atoms with van der Waals surface area (Å²) in [5.41, 5.74) is 1.25. The minimum atomic E-state index is -0.103. The summed E-state index contributed by atoms with van der Waals surface area (Å²) in [7, 11) is 0. The van der Waals surface area contributed by atoms with E-state index in [1.807, 2.05) is 4.90 Å². The van der Waals surface area contributed by atoms with E-state index in [0.29, 0.717) is 31.0 Å². The van der Waals surface area contributed by atoms with Gasteiger partial charge in [0.25, 0.3) is 0 Å². The molecule has 3 rings (SSSR count). The van der Waals surface area contributed by atoms with Crippen LogP contribution in [0.5, 0.6) is 0 Å². The quantitative estimate of drug-likeness (QED) is 0.548. The molecule has 1 fully saturated rings. The molecule has 2 aromatic heterocycles. The van der Waals surface area contributed by atoms with Crippen molar-refractivity contribution in [2.75, 3.05) is 31.1 Å². The van der Waals surface area contributed by atoms with Crippen molar-refractivity contribution in [2.24, 2.45) is 5.92 Å². The smallest absolute Gasteiger partial charge is 0.226 e. The van der Waals surface area contributed by atoms with E-state index in [1.54, 1.807) is 6.33 Å². The number of aromatic nitrogens is 4. The third kappa shape index (κ3) is 3.53. The van der Waals surface area contributed by atoms with Crippen molar-refractivity contribution in [3.05, 3.63) is 11.6 Å². The number of piperidine rings is 1. The highest BCUT2D eigenvalue weighted by molar-refractivity contribution is 6.28. The first-order valence-electron chi connectivity index (χ1n) is 7.69. The van der Waals surface area contributed by atoms with E-state index in [1.165, 1.54) is 0 Å². The Hall–Kier alpha value is -1.93. The van der Waals surface area contributed by atoms with Gasteiger partial charge in [0.1, 0.15) is 5.52 Å². The number of nitrogens with one attached hydrogen (secondary N) is 2. The van der Waals surface area contributed by atoms with Gasteiger partial charge < -0.3 is 20.3 Å². The average molecular weight is 339 g/mol. The number of carbonyl (C=O) groups is 1. The molecule has 0 aliphatic carbocycles. The first-order chi connectivity index (χ1) is 11.2. The highest BCUT2D eigenvalue weighted by atomic mass is 35.5. The number of anilines is 1. The number of aliphatic hydroxyl groups excluding tert-OH is 1. The molecule has 0 bridgehead atoms. The molecule has 1 amide bonds. The van der Waals surface area contributed by atoms with Gasteiger partial charge in [0, 0.05) is 26.2 Å². The fourth-order valence-electron chi connectivity index (χ4n) is 2.84. The molecule has 0 unspecified atom stereocenters. The maximum Gasteiger partial charge on any atom is 0.226 e. The molecule has 1 aliphatic heterocycles. The van der Waals surface area contributed by atoms with Crippen LogP contribution in [-0.2, 0) is 4.79 Å². The molecule has 3 N–H and O–H groups in total. The van der Waals surface area contributed by atoms with E-state index >= 15 is 0 Å². The number of aliphatic hydroxyl groups is 1. The molecule has 1 atom stereocenters. The van der Waals surface area contributed by atoms with Gasteiger partial charge >= 0.3 is 0 Å². The van der Waals surface area contributed by atoms with Gasteiger partial charge in [-0.1, -0.05) is 0 Å². The van der Waals surface area contributed by atoms with Crippen molar-refractivity contribution >= 4 is 34.5 Å². The predicted octanol–water partition coefficient (Wildman–Crippen LogP) is 0.721. The number of hydrogen-bond acceptors (Lipinski definition) is 6. The summed E-state index contributed by atoms with van der Waals surface area (Å²) in [5, 5.41) is 11.8. The minimum absolute atomic E-state index is 0.0177. The Labute approximate surface area is 138 Å². The normalized spacial score (nSPS) is 18.3. The second-order valence-electron chi connectivity index (χ2n) is 5.57. The van der Waals surface area contributed by atoms with Crippen molar-refractivity contribution in [3.8, 4) is 0 Å². The zero-order valence-corrected chi connectivity index (χ0v) is 13.4. The van der Waals surface area contributed by atoms with Gasteiger partial charge in [0.15, 0.2) is 11.5 Å². The number of halogens is 1. The summed E-state index contributed by atoms with van der Waals surface area (Å²) < 4.78 is 0. The number of nitrogens with zero attached hydrogens (tertiary/aromatic N) is 4. The fourth-order valence-corrected chi connectivity index (χ4v) is 3.00. The largest absolute Gasteiger partial charge is 0.396 e. The number of hydrogen-bond donors (Lipinski definition) is 3. The van der Waals surface area contributed by atoms with Gasteiger partial charge in [0.2, 0.25) is 11.2 Å². The van der Waals surface area contributed by atoms with E-state index < -0.39 is 0 Å². The van der Waals surface area contributed by atoms with Gasteiger partial charge in [-0.3, -0.25) is 4.79 Å². The van der Waals surface area contributed by atoms with Crippen molar-refractivity contribution in [1.82, 2.24) is 25.3 Å². The third-order valence-corrected chi connectivity index (χ3v) is 4.13. The number of H-pyrrole nitrogens is 1. The Morgan fingerprint density at radius 2 is 2.39 bits per heavy atom. The Balaban J connectivity index is 1.75. The van der Waals surface area contributed by atoms with Crippen LogP contribution in [0.2, 0.25) is 5.28 Å². The molecule has 0 saturated carbocycles. The first kappa shape index (κ1) is 15.9. The molecule has 0 aromatic carbocycles. The van der Waals surface area contributed by atoms with Gasteiger partial charge in [-0.15, -0.1) is 0 Å². The molecule has 9 heteroatoms. The lowest BCUT2D eigenvalue weighted by Crippen LogP contribution is -2.43. The molecule has 1 saturated heterocycles. The van der Waals surface area contributed by atoms with Crippen LogP contribution in [0.1, 0.15) is 19.3 Å². The van der Waals surface area contributed by atoms with Crippen molar-refractivity contribution < 1.29 is 9.90 Å². The molecule has 124 valence electrons. The molecule has 0 radical (unpaired) electrons. The van der Waals surface area contributed by atoms with Crippen LogP contribution >= 0.6 is 11.6 Å². The van der Waals surface area contributed by atoms with Crippen LogP contribution in [0.3, 0.4) is 0 Å². The molecular formula is C14H19ClN6O2. The van der Waals surface area contributed by atoms with E-state index in [2.05, 4.69) is 25.3 Å². The van der Waals surface area contributed by atoms with Gasteiger partial charge in [-0.25, -0.2) is 4.98 Å². The maximum absolute atomic E-state index is 12.2. The van der Waals surface area contributed by atoms with Crippen molar-refractivity contribution in [3.63, 3.8) is 0 Å². The van der Waals surface area contributed by atoms with E-state index in [-0.39, 0.29) is 23.7 Å². The van der Waals surface area contributed by atoms with E-state index in [4.69, 9.17) is 16.7 Å². The molecule has 2 aromatic rings. The predicted molar refractivity (Wildman–Crippen MR) is 86.3 cm³/mol. The Morgan fingerprint density at radius 3 is 3.22 bits per heavy atom. The number of imidazole rings is 1.